The maximum absolute atomic E-state index is 12.2. The Balaban J connectivity index is 2.49. The fourth-order valence-electron chi connectivity index (χ4n) is 1.83. The standard InChI is InChI=1S/C16H25NO3/c1-13(2)11-17(9-10-19-4)16(18)12-20-15-7-5-14(3)6-8-15/h5-8,13H,9-12H2,1-4H3. The lowest BCUT2D eigenvalue weighted by molar-refractivity contribution is -0.134. The molecule has 0 aliphatic rings. The maximum atomic E-state index is 12.2. The number of ether oxygens (including phenoxy) is 2. The second kappa shape index (κ2) is 8.59. The van der Waals surface area contributed by atoms with E-state index in [0.717, 1.165) is 12.3 Å². The molecule has 1 amide bonds. The van der Waals surface area contributed by atoms with Crippen molar-refractivity contribution in [1.82, 2.24) is 4.90 Å². The molecule has 0 spiro atoms. The average molecular weight is 279 g/mol. The van der Waals surface area contributed by atoms with Crippen molar-refractivity contribution in [2.45, 2.75) is 20.8 Å². The Kier molecular flexibility index (Phi) is 7.09. The highest BCUT2D eigenvalue weighted by molar-refractivity contribution is 5.77. The van der Waals surface area contributed by atoms with E-state index in [0.29, 0.717) is 19.1 Å². The molecule has 0 unspecified atom stereocenters. The Hall–Kier alpha value is -1.55. The number of carbonyl (C=O) groups is 1. The third kappa shape index (κ3) is 6.06. The minimum atomic E-state index is -0.00340. The van der Waals surface area contributed by atoms with Crippen molar-refractivity contribution < 1.29 is 14.3 Å². The second-order valence-electron chi connectivity index (χ2n) is 5.33. The largest absolute Gasteiger partial charge is 0.484 e. The first-order chi connectivity index (χ1) is 9.52. The quantitative estimate of drug-likeness (QED) is 0.734. The minimum Gasteiger partial charge on any atom is -0.484 e. The summed E-state index contributed by atoms with van der Waals surface area (Å²) in [6.07, 6.45) is 0. The molecule has 0 saturated carbocycles. The van der Waals surface area contributed by atoms with Crippen LogP contribution >= 0.6 is 0 Å². The highest BCUT2D eigenvalue weighted by atomic mass is 16.5. The molecule has 20 heavy (non-hydrogen) atoms. The summed E-state index contributed by atoms with van der Waals surface area (Å²) in [5.41, 5.74) is 1.17. The van der Waals surface area contributed by atoms with Gasteiger partial charge in [-0.15, -0.1) is 0 Å². The first-order valence-corrected chi connectivity index (χ1v) is 6.99. The second-order valence-corrected chi connectivity index (χ2v) is 5.33. The van der Waals surface area contributed by atoms with Crippen LogP contribution < -0.4 is 4.74 Å². The molecule has 0 fully saturated rings. The molecular formula is C16H25NO3. The Morgan fingerprint density at radius 1 is 1.25 bits per heavy atom. The lowest BCUT2D eigenvalue weighted by Crippen LogP contribution is -2.39. The van der Waals surface area contributed by atoms with Crippen LogP contribution in [0.3, 0.4) is 0 Å². The van der Waals surface area contributed by atoms with Crippen LogP contribution in [0.15, 0.2) is 24.3 Å². The Labute approximate surface area is 121 Å². The number of aryl methyl sites for hydroxylation is 1. The molecule has 0 bridgehead atoms. The van der Waals surface area contributed by atoms with Gasteiger partial charge in [0.25, 0.3) is 5.91 Å². The Morgan fingerprint density at radius 3 is 2.45 bits per heavy atom. The molecule has 1 rings (SSSR count). The summed E-state index contributed by atoms with van der Waals surface area (Å²) >= 11 is 0. The van der Waals surface area contributed by atoms with E-state index in [1.807, 2.05) is 31.2 Å². The van der Waals surface area contributed by atoms with Gasteiger partial charge in [0, 0.05) is 20.2 Å². The molecular weight excluding hydrogens is 254 g/mol. The molecule has 0 heterocycles. The van der Waals surface area contributed by atoms with E-state index in [9.17, 15) is 4.79 Å². The molecule has 1 aromatic carbocycles. The molecule has 0 aromatic heterocycles. The summed E-state index contributed by atoms with van der Waals surface area (Å²) in [5, 5.41) is 0. The smallest absolute Gasteiger partial charge is 0.260 e. The molecule has 0 radical (unpaired) electrons. The van der Waals surface area contributed by atoms with Gasteiger partial charge in [-0.05, 0) is 25.0 Å². The van der Waals surface area contributed by atoms with Crippen LogP contribution in [0, 0.1) is 12.8 Å². The van der Waals surface area contributed by atoms with E-state index in [-0.39, 0.29) is 12.5 Å². The molecule has 1 aromatic rings. The number of benzene rings is 1. The fraction of sp³-hybridized carbons (Fsp3) is 0.562. The average Bonchev–Trinajstić information content (AvgIpc) is 2.42. The Morgan fingerprint density at radius 2 is 1.90 bits per heavy atom. The van der Waals surface area contributed by atoms with Gasteiger partial charge in [0.05, 0.1) is 6.61 Å². The predicted molar refractivity (Wildman–Crippen MR) is 80.0 cm³/mol. The van der Waals surface area contributed by atoms with Crippen molar-refractivity contribution in [3.63, 3.8) is 0 Å². The van der Waals surface area contributed by atoms with Gasteiger partial charge in [0.1, 0.15) is 5.75 Å². The first-order valence-electron chi connectivity index (χ1n) is 6.99. The Bertz CT molecular complexity index is 401. The molecule has 4 heteroatoms. The van der Waals surface area contributed by atoms with Crippen LogP contribution in [-0.2, 0) is 9.53 Å². The molecule has 0 aliphatic heterocycles. The highest BCUT2D eigenvalue weighted by Gasteiger charge is 2.15. The molecule has 0 atom stereocenters. The van der Waals surface area contributed by atoms with E-state index in [1.165, 1.54) is 5.56 Å². The summed E-state index contributed by atoms with van der Waals surface area (Å²) in [6, 6.07) is 7.70. The summed E-state index contributed by atoms with van der Waals surface area (Å²) in [5.74, 6) is 1.15. The van der Waals surface area contributed by atoms with Gasteiger partial charge in [-0.3, -0.25) is 4.79 Å². The molecule has 112 valence electrons. The normalized spacial score (nSPS) is 10.7. The highest BCUT2D eigenvalue weighted by Crippen LogP contribution is 2.11. The third-order valence-corrected chi connectivity index (χ3v) is 2.89. The van der Waals surface area contributed by atoms with Crippen molar-refractivity contribution in [3.8, 4) is 5.75 Å². The number of hydrogen-bond acceptors (Lipinski definition) is 3. The van der Waals surface area contributed by atoms with Gasteiger partial charge < -0.3 is 14.4 Å². The van der Waals surface area contributed by atoms with E-state index in [4.69, 9.17) is 9.47 Å². The lowest BCUT2D eigenvalue weighted by atomic mass is 10.2. The zero-order chi connectivity index (χ0) is 15.0. The van der Waals surface area contributed by atoms with E-state index in [1.54, 1.807) is 12.0 Å². The summed E-state index contributed by atoms with van der Waals surface area (Å²) in [6.45, 7) is 8.14. The number of hydrogen-bond donors (Lipinski definition) is 0. The van der Waals surface area contributed by atoms with Gasteiger partial charge in [0.2, 0.25) is 0 Å². The van der Waals surface area contributed by atoms with Crippen molar-refractivity contribution in [2.24, 2.45) is 5.92 Å². The molecule has 4 nitrogen and oxygen atoms in total. The summed E-state index contributed by atoms with van der Waals surface area (Å²) in [4.78, 5) is 14.0. The number of methoxy groups -OCH3 is 1. The fourth-order valence-corrected chi connectivity index (χ4v) is 1.83. The summed E-state index contributed by atoms with van der Waals surface area (Å²) in [7, 11) is 1.64. The van der Waals surface area contributed by atoms with Crippen molar-refractivity contribution in [1.29, 1.82) is 0 Å². The van der Waals surface area contributed by atoms with E-state index < -0.39 is 0 Å². The van der Waals surface area contributed by atoms with Gasteiger partial charge in [-0.2, -0.15) is 0 Å². The van der Waals surface area contributed by atoms with Crippen LogP contribution in [0.4, 0.5) is 0 Å². The van der Waals surface area contributed by atoms with E-state index >= 15 is 0 Å². The third-order valence-electron chi connectivity index (χ3n) is 2.89. The van der Waals surface area contributed by atoms with Crippen molar-refractivity contribution in [3.05, 3.63) is 29.8 Å². The van der Waals surface area contributed by atoms with Crippen molar-refractivity contribution >= 4 is 5.91 Å². The topological polar surface area (TPSA) is 38.8 Å². The van der Waals surface area contributed by atoms with Crippen LogP contribution in [0.25, 0.3) is 0 Å². The predicted octanol–water partition coefficient (Wildman–Crippen LogP) is 2.50. The molecule has 0 saturated heterocycles. The maximum Gasteiger partial charge on any atom is 0.260 e. The lowest BCUT2D eigenvalue weighted by Gasteiger charge is -2.24. The SMILES string of the molecule is COCCN(CC(C)C)C(=O)COc1ccc(C)cc1. The van der Waals surface area contributed by atoms with Gasteiger partial charge in [-0.25, -0.2) is 0 Å². The number of amides is 1. The molecule has 0 aliphatic carbocycles. The van der Waals surface area contributed by atoms with E-state index in [2.05, 4.69) is 13.8 Å². The minimum absolute atomic E-state index is 0.00340. The molecule has 0 N–H and O–H groups in total. The van der Waals surface area contributed by atoms with Crippen LogP contribution in [0.5, 0.6) is 5.75 Å². The number of rotatable bonds is 8. The monoisotopic (exact) mass is 279 g/mol. The van der Waals surface area contributed by atoms with Crippen molar-refractivity contribution in [2.75, 3.05) is 33.4 Å². The van der Waals surface area contributed by atoms with Gasteiger partial charge in [-0.1, -0.05) is 31.5 Å². The first kappa shape index (κ1) is 16.5. The van der Waals surface area contributed by atoms with Crippen LogP contribution in [-0.4, -0.2) is 44.2 Å². The number of nitrogens with zero attached hydrogens (tertiary/aromatic N) is 1. The summed E-state index contributed by atoms with van der Waals surface area (Å²) < 4.78 is 10.6. The zero-order valence-electron chi connectivity index (χ0n) is 12.9. The zero-order valence-corrected chi connectivity index (χ0v) is 12.9. The van der Waals surface area contributed by atoms with Gasteiger partial charge >= 0.3 is 0 Å². The number of carbonyl (C=O) groups excluding carboxylic acids is 1. The van der Waals surface area contributed by atoms with Crippen LogP contribution in [0.2, 0.25) is 0 Å². The van der Waals surface area contributed by atoms with Crippen LogP contribution in [0.1, 0.15) is 19.4 Å². The van der Waals surface area contributed by atoms with Gasteiger partial charge in [0.15, 0.2) is 6.61 Å².